The molecule has 0 unspecified atom stereocenters. The Morgan fingerprint density at radius 1 is 1.12 bits per heavy atom. The van der Waals surface area contributed by atoms with Crippen molar-refractivity contribution in [3.05, 3.63) is 42.9 Å². The van der Waals surface area contributed by atoms with E-state index in [1.165, 1.54) is 0 Å². The normalized spacial score (nSPS) is 19.0. The molecule has 3 aromatic heterocycles. The number of nitrogens with one attached hydrogen (secondary N) is 1. The number of hydrogen-bond acceptors (Lipinski definition) is 8. The average molecular weight is 435 g/mol. The quantitative estimate of drug-likeness (QED) is 0.421. The second kappa shape index (κ2) is 7.95. The molecule has 0 aliphatic heterocycles. The maximum absolute atomic E-state index is 9.99. The minimum absolute atomic E-state index is 0.170. The number of nitrogens with zero attached hydrogens (tertiary/aromatic N) is 7. The van der Waals surface area contributed by atoms with Gasteiger partial charge < -0.3 is 15.5 Å². The summed E-state index contributed by atoms with van der Waals surface area (Å²) < 4.78 is 3.43. The molecular formula is C22H26N8O2. The first kappa shape index (κ1) is 20.5. The Morgan fingerprint density at radius 3 is 2.66 bits per heavy atom. The molecule has 32 heavy (non-hydrogen) atoms. The third-order valence-corrected chi connectivity index (χ3v) is 5.56. The van der Waals surface area contributed by atoms with Gasteiger partial charge in [-0.3, -0.25) is 4.68 Å². The van der Waals surface area contributed by atoms with Crippen LogP contribution in [-0.2, 0) is 6.54 Å². The molecule has 3 heterocycles. The fourth-order valence-corrected chi connectivity index (χ4v) is 4.03. The van der Waals surface area contributed by atoms with Gasteiger partial charge in [0.25, 0.3) is 0 Å². The standard InChI is InChI=1S/C22H26N8O2/c1-22(2,32)13-29-12-15(10-24-29)14-3-6-17(7-4-14)30-20-19(27-28-30)11-23-21(26-20)25-16-5-8-18(31)9-16/h3-4,6-7,10-12,16,18,31-32H,5,8-9,13H2,1-2H3,(H,23,25,26)/t16-,18-/m1/s1. The summed E-state index contributed by atoms with van der Waals surface area (Å²) in [6.07, 6.45) is 7.50. The average Bonchev–Trinajstić information content (AvgIpc) is 3.47. The molecule has 10 heteroatoms. The number of benzene rings is 1. The predicted molar refractivity (Wildman–Crippen MR) is 119 cm³/mol. The van der Waals surface area contributed by atoms with Crippen LogP contribution in [0.1, 0.15) is 33.1 Å². The van der Waals surface area contributed by atoms with Gasteiger partial charge in [-0.25, -0.2) is 4.98 Å². The molecule has 10 nitrogen and oxygen atoms in total. The van der Waals surface area contributed by atoms with Gasteiger partial charge in [-0.1, -0.05) is 17.3 Å². The Hall–Kier alpha value is -3.37. The van der Waals surface area contributed by atoms with Crippen LogP contribution in [0.5, 0.6) is 0 Å². The van der Waals surface area contributed by atoms with Crippen molar-refractivity contribution in [3.8, 4) is 16.8 Å². The van der Waals surface area contributed by atoms with Gasteiger partial charge >= 0.3 is 0 Å². The Bertz CT molecular complexity index is 1220. The predicted octanol–water partition coefficient (Wildman–Crippen LogP) is 2.17. The van der Waals surface area contributed by atoms with E-state index < -0.39 is 5.60 Å². The van der Waals surface area contributed by atoms with Crippen LogP contribution in [0.15, 0.2) is 42.9 Å². The van der Waals surface area contributed by atoms with Crippen molar-refractivity contribution in [1.29, 1.82) is 0 Å². The molecule has 1 aromatic carbocycles. The van der Waals surface area contributed by atoms with Crippen LogP contribution >= 0.6 is 0 Å². The second-order valence-electron chi connectivity index (χ2n) is 9.00. The molecule has 1 fully saturated rings. The zero-order valence-corrected chi connectivity index (χ0v) is 18.0. The molecule has 0 radical (unpaired) electrons. The van der Waals surface area contributed by atoms with Gasteiger partial charge in [-0.05, 0) is 50.8 Å². The fourth-order valence-electron chi connectivity index (χ4n) is 4.03. The van der Waals surface area contributed by atoms with Gasteiger partial charge in [0.05, 0.1) is 36.3 Å². The van der Waals surface area contributed by atoms with Gasteiger partial charge in [-0.15, -0.1) is 5.10 Å². The van der Waals surface area contributed by atoms with Crippen LogP contribution < -0.4 is 5.32 Å². The number of rotatable bonds is 6. The smallest absolute Gasteiger partial charge is 0.225 e. The maximum atomic E-state index is 9.99. The Balaban J connectivity index is 1.37. The molecule has 1 aliphatic rings. The lowest BCUT2D eigenvalue weighted by Crippen LogP contribution is -2.26. The van der Waals surface area contributed by atoms with Crippen molar-refractivity contribution in [3.63, 3.8) is 0 Å². The van der Waals surface area contributed by atoms with Gasteiger partial charge in [0.15, 0.2) is 11.2 Å². The lowest BCUT2D eigenvalue weighted by Gasteiger charge is -2.16. The molecule has 166 valence electrons. The number of aliphatic hydroxyl groups is 2. The van der Waals surface area contributed by atoms with Crippen LogP contribution in [0, 0.1) is 0 Å². The number of fused-ring (bicyclic) bond motifs is 1. The molecule has 5 rings (SSSR count). The van der Waals surface area contributed by atoms with Crippen molar-refractivity contribution in [2.45, 2.75) is 57.4 Å². The van der Waals surface area contributed by atoms with Crippen molar-refractivity contribution in [1.82, 2.24) is 34.7 Å². The summed E-state index contributed by atoms with van der Waals surface area (Å²) in [5.74, 6) is 0.510. The van der Waals surface area contributed by atoms with Crippen molar-refractivity contribution in [2.75, 3.05) is 5.32 Å². The first-order valence-corrected chi connectivity index (χ1v) is 10.7. The molecule has 1 saturated carbocycles. The zero-order valence-electron chi connectivity index (χ0n) is 18.0. The molecule has 0 bridgehead atoms. The SMILES string of the molecule is CC(C)(O)Cn1cc(-c2ccc(-n3nnc4cnc(N[C@@H]5CC[C@@H](O)C5)nc43)cc2)cn1. The summed E-state index contributed by atoms with van der Waals surface area (Å²) >= 11 is 0. The Labute approximate surface area is 184 Å². The van der Waals surface area contributed by atoms with Gasteiger partial charge in [0.1, 0.15) is 0 Å². The molecular weight excluding hydrogens is 408 g/mol. The number of aromatic nitrogens is 7. The fraction of sp³-hybridized carbons (Fsp3) is 0.409. The van der Waals surface area contributed by atoms with E-state index in [1.807, 2.05) is 30.5 Å². The van der Waals surface area contributed by atoms with Gasteiger partial charge in [0, 0.05) is 17.8 Å². The van der Waals surface area contributed by atoms with E-state index in [0.29, 0.717) is 30.1 Å². The molecule has 1 aliphatic carbocycles. The van der Waals surface area contributed by atoms with E-state index >= 15 is 0 Å². The summed E-state index contributed by atoms with van der Waals surface area (Å²) in [4.78, 5) is 8.95. The van der Waals surface area contributed by atoms with E-state index in [-0.39, 0.29) is 12.1 Å². The van der Waals surface area contributed by atoms with Crippen molar-refractivity contribution >= 4 is 17.1 Å². The molecule has 2 atom stereocenters. The minimum Gasteiger partial charge on any atom is -0.393 e. The van der Waals surface area contributed by atoms with Crippen LogP contribution in [-0.4, -0.2) is 62.7 Å². The highest BCUT2D eigenvalue weighted by Gasteiger charge is 2.23. The first-order chi connectivity index (χ1) is 15.3. The number of anilines is 1. The van der Waals surface area contributed by atoms with Crippen LogP contribution in [0.4, 0.5) is 5.95 Å². The molecule has 3 N–H and O–H groups in total. The van der Waals surface area contributed by atoms with Crippen molar-refractivity contribution in [2.24, 2.45) is 0 Å². The van der Waals surface area contributed by atoms with Crippen LogP contribution in [0.3, 0.4) is 0 Å². The topological polar surface area (TPSA) is 127 Å². The maximum Gasteiger partial charge on any atom is 0.225 e. The lowest BCUT2D eigenvalue weighted by molar-refractivity contribution is 0.0577. The highest BCUT2D eigenvalue weighted by atomic mass is 16.3. The van der Waals surface area contributed by atoms with E-state index in [9.17, 15) is 10.2 Å². The summed E-state index contributed by atoms with van der Waals surface area (Å²) in [6.45, 7) is 3.94. The molecule has 4 aromatic rings. The number of hydrogen-bond donors (Lipinski definition) is 3. The second-order valence-corrected chi connectivity index (χ2v) is 9.00. The summed E-state index contributed by atoms with van der Waals surface area (Å²) in [5.41, 5.74) is 3.22. The molecule has 0 spiro atoms. The summed E-state index contributed by atoms with van der Waals surface area (Å²) in [6, 6.07) is 8.07. The van der Waals surface area contributed by atoms with E-state index in [1.54, 1.807) is 35.6 Å². The summed E-state index contributed by atoms with van der Waals surface area (Å²) in [5, 5.41) is 35.8. The first-order valence-electron chi connectivity index (χ1n) is 10.7. The highest BCUT2D eigenvalue weighted by molar-refractivity contribution is 5.72. The van der Waals surface area contributed by atoms with E-state index in [4.69, 9.17) is 0 Å². The third kappa shape index (κ3) is 4.32. The van der Waals surface area contributed by atoms with Gasteiger partial charge in [0.2, 0.25) is 5.95 Å². The zero-order chi connectivity index (χ0) is 22.3. The Kier molecular flexibility index (Phi) is 5.10. The van der Waals surface area contributed by atoms with Crippen LogP contribution in [0.25, 0.3) is 28.0 Å². The van der Waals surface area contributed by atoms with Crippen molar-refractivity contribution < 1.29 is 10.2 Å². The van der Waals surface area contributed by atoms with E-state index in [2.05, 4.69) is 30.7 Å². The molecule has 0 saturated heterocycles. The number of aliphatic hydroxyl groups excluding tert-OH is 1. The van der Waals surface area contributed by atoms with Crippen LogP contribution in [0.2, 0.25) is 0 Å². The monoisotopic (exact) mass is 434 g/mol. The lowest BCUT2D eigenvalue weighted by atomic mass is 10.1. The van der Waals surface area contributed by atoms with E-state index in [0.717, 1.165) is 29.7 Å². The Morgan fingerprint density at radius 2 is 1.94 bits per heavy atom. The largest absolute Gasteiger partial charge is 0.393 e. The minimum atomic E-state index is -0.825. The molecule has 0 amide bonds. The summed E-state index contributed by atoms with van der Waals surface area (Å²) in [7, 11) is 0. The van der Waals surface area contributed by atoms with Gasteiger partial charge in [-0.2, -0.15) is 14.8 Å². The third-order valence-electron chi connectivity index (χ3n) is 5.56. The highest BCUT2D eigenvalue weighted by Crippen LogP contribution is 2.24.